The molecule has 164 valence electrons. The maximum Gasteiger partial charge on any atom is 0.275 e. The Morgan fingerprint density at radius 2 is 1.97 bits per heavy atom. The van der Waals surface area contributed by atoms with Crippen LogP contribution in [0, 0.1) is 6.92 Å². The lowest BCUT2D eigenvalue weighted by Crippen LogP contribution is -2.20. The molecule has 0 aliphatic heterocycles. The van der Waals surface area contributed by atoms with E-state index in [9.17, 15) is 9.59 Å². The number of benzene rings is 2. The third-order valence-electron chi connectivity index (χ3n) is 4.57. The number of para-hydroxylation sites is 1. The molecule has 0 atom stereocenters. The molecule has 0 unspecified atom stereocenters. The Balaban J connectivity index is 1.41. The number of nitrogens with one attached hydrogen (secondary N) is 1. The first-order valence-electron chi connectivity index (χ1n) is 10.1. The van der Waals surface area contributed by atoms with Crippen molar-refractivity contribution in [1.82, 2.24) is 14.6 Å². The number of aryl methyl sites for hydroxylation is 2. The minimum absolute atomic E-state index is 0.0812. The van der Waals surface area contributed by atoms with Crippen LogP contribution in [0.2, 0.25) is 0 Å². The van der Waals surface area contributed by atoms with Crippen LogP contribution in [-0.2, 0) is 17.0 Å². The van der Waals surface area contributed by atoms with Crippen molar-refractivity contribution in [3.63, 3.8) is 0 Å². The summed E-state index contributed by atoms with van der Waals surface area (Å²) in [5.74, 6) is 0.904. The van der Waals surface area contributed by atoms with Crippen LogP contribution in [0.1, 0.15) is 23.2 Å². The van der Waals surface area contributed by atoms with Crippen molar-refractivity contribution in [1.29, 1.82) is 0 Å². The van der Waals surface area contributed by atoms with Crippen LogP contribution in [0.25, 0.3) is 4.96 Å². The number of ether oxygens (including phenoxy) is 1. The number of nitrogens with zero attached hydrogens (tertiary/aromatic N) is 3. The molecule has 7 nitrogen and oxygen atoms in total. The van der Waals surface area contributed by atoms with Gasteiger partial charge in [-0.05, 0) is 37.6 Å². The van der Waals surface area contributed by atoms with E-state index in [4.69, 9.17) is 4.74 Å². The largest absolute Gasteiger partial charge is 0.484 e. The molecule has 32 heavy (non-hydrogen) atoms. The van der Waals surface area contributed by atoms with E-state index in [1.165, 1.54) is 33.7 Å². The molecule has 2 aromatic carbocycles. The van der Waals surface area contributed by atoms with E-state index >= 15 is 0 Å². The number of aromatic nitrogens is 3. The molecule has 0 aliphatic carbocycles. The average molecular weight is 467 g/mol. The zero-order chi connectivity index (χ0) is 22.5. The summed E-state index contributed by atoms with van der Waals surface area (Å²) >= 11 is 2.93. The van der Waals surface area contributed by atoms with Gasteiger partial charge in [-0.3, -0.25) is 9.59 Å². The molecule has 9 heteroatoms. The standard InChI is InChI=1S/C23H22N4O3S2/c1-3-21-26-27-22(29)12-16(24-23(27)32-21)14-31-19-7-5-4-6-18(19)25-20(28)13-30-17-10-8-15(2)9-11-17/h4-12H,3,13-14H2,1-2H3,(H,25,28). The highest BCUT2D eigenvalue weighted by Crippen LogP contribution is 2.29. The van der Waals surface area contributed by atoms with Gasteiger partial charge < -0.3 is 10.1 Å². The molecule has 4 aromatic rings. The predicted octanol–water partition coefficient (Wildman–Crippen LogP) is 4.33. The molecule has 0 aliphatic rings. The van der Waals surface area contributed by atoms with Crippen LogP contribution >= 0.6 is 23.1 Å². The van der Waals surface area contributed by atoms with E-state index in [1.807, 2.05) is 62.4 Å². The van der Waals surface area contributed by atoms with Gasteiger partial charge >= 0.3 is 0 Å². The van der Waals surface area contributed by atoms with Crippen molar-refractivity contribution in [2.45, 2.75) is 30.9 Å². The Bertz CT molecular complexity index is 1300. The lowest BCUT2D eigenvalue weighted by molar-refractivity contribution is -0.118. The molecular formula is C23H22N4O3S2. The summed E-state index contributed by atoms with van der Waals surface area (Å²) < 4.78 is 6.91. The summed E-state index contributed by atoms with van der Waals surface area (Å²) in [5.41, 5.74) is 2.32. The van der Waals surface area contributed by atoms with Crippen molar-refractivity contribution in [2.24, 2.45) is 0 Å². The minimum atomic E-state index is -0.242. The molecule has 0 saturated carbocycles. The molecule has 1 amide bonds. The van der Waals surface area contributed by atoms with E-state index in [-0.39, 0.29) is 18.1 Å². The number of carbonyl (C=O) groups is 1. The zero-order valence-electron chi connectivity index (χ0n) is 17.7. The molecule has 0 fully saturated rings. The van der Waals surface area contributed by atoms with Gasteiger partial charge in [0.15, 0.2) is 6.61 Å². The van der Waals surface area contributed by atoms with Crippen molar-refractivity contribution in [3.05, 3.63) is 81.2 Å². The summed E-state index contributed by atoms with van der Waals surface area (Å²) in [5, 5.41) is 8.05. The maximum absolute atomic E-state index is 12.4. The summed E-state index contributed by atoms with van der Waals surface area (Å²) in [6.07, 6.45) is 0.762. The molecule has 1 N–H and O–H groups in total. The number of rotatable bonds is 8. The fourth-order valence-corrected chi connectivity index (χ4v) is 4.69. The molecule has 0 saturated heterocycles. The smallest absolute Gasteiger partial charge is 0.275 e. The SMILES string of the molecule is CCc1nn2c(=O)cc(CSc3ccccc3NC(=O)COc3ccc(C)cc3)nc2s1. The molecular weight excluding hydrogens is 444 g/mol. The van der Waals surface area contributed by atoms with Gasteiger partial charge in [-0.15, -0.1) is 11.8 Å². The predicted molar refractivity (Wildman–Crippen MR) is 128 cm³/mol. The third-order valence-corrected chi connectivity index (χ3v) is 6.73. The van der Waals surface area contributed by atoms with Crippen molar-refractivity contribution in [2.75, 3.05) is 11.9 Å². The zero-order valence-corrected chi connectivity index (χ0v) is 19.3. The molecule has 2 aromatic heterocycles. The number of thioether (sulfide) groups is 1. The number of anilines is 1. The maximum atomic E-state index is 12.4. The Morgan fingerprint density at radius 3 is 2.75 bits per heavy atom. The lowest BCUT2D eigenvalue weighted by atomic mass is 10.2. The number of hydrogen-bond acceptors (Lipinski definition) is 7. The van der Waals surface area contributed by atoms with E-state index in [0.29, 0.717) is 27.8 Å². The summed E-state index contributed by atoms with van der Waals surface area (Å²) in [6, 6.07) is 16.6. The molecule has 0 radical (unpaired) electrons. The van der Waals surface area contributed by atoms with Gasteiger partial charge in [0.2, 0.25) is 4.96 Å². The summed E-state index contributed by atoms with van der Waals surface area (Å²) in [4.78, 5) is 30.8. The quantitative estimate of drug-likeness (QED) is 0.389. The van der Waals surface area contributed by atoms with Crippen LogP contribution in [0.3, 0.4) is 0 Å². The van der Waals surface area contributed by atoms with Crippen molar-refractivity contribution >= 4 is 39.7 Å². The number of amides is 1. The highest BCUT2D eigenvalue weighted by Gasteiger charge is 2.11. The Labute approximate surface area is 193 Å². The Morgan fingerprint density at radius 1 is 1.19 bits per heavy atom. The molecule has 4 rings (SSSR count). The van der Waals surface area contributed by atoms with Crippen LogP contribution in [0.4, 0.5) is 5.69 Å². The second kappa shape index (κ2) is 9.97. The lowest BCUT2D eigenvalue weighted by Gasteiger charge is -2.11. The van der Waals surface area contributed by atoms with Crippen LogP contribution in [0.5, 0.6) is 5.75 Å². The highest BCUT2D eigenvalue weighted by atomic mass is 32.2. The number of hydrogen-bond donors (Lipinski definition) is 1. The second-order valence-electron chi connectivity index (χ2n) is 7.06. The van der Waals surface area contributed by atoms with E-state index < -0.39 is 0 Å². The van der Waals surface area contributed by atoms with Crippen LogP contribution in [0.15, 0.2) is 64.3 Å². The van der Waals surface area contributed by atoms with Crippen molar-refractivity contribution in [3.8, 4) is 5.75 Å². The first kappa shape index (κ1) is 22.0. The van der Waals surface area contributed by atoms with Gasteiger partial charge in [0.25, 0.3) is 11.5 Å². The molecule has 2 heterocycles. The first-order valence-corrected chi connectivity index (χ1v) is 11.9. The van der Waals surface area contributed by atoms with Gasteiger partial charge in [-0.1, -0.05) is 48.1 Å². The summed E-state index contributed by atoms with van der Waals surface area (Å²) in [6.45, 7) is 3.91. The van der Waals surface area contributed by atoms with Gasteiger partial charge in [0.05, 0.1) is 11.4 Å². The van der Waals surface area contributed by atoms with E-state index in [2.05, 4.69) is 15.4 Å². The second-order valence-corrected chi connectivity index (χ2v) is 9.12. The van der Waals surface area contributed by atoms with Crippen LogP contribution < -0.4 is 15.6 Å². The minimum Gasteiger partial charge on any atom is -0.484 e. The van der Waals surface area contributed by atoms with Gasteiger partial charge in [-0.2, -0.15) is 9.61 Å². The fraction of sp³-hybridized carbons (Fsp3) is 0.217. The Hall–Kier alpha value is -3.17. The monoisotopic (exact) mass is 466 g/mol. The average Bonchev–Trinajstić information content (AvgIpc) is 3.22. The fourth-order valence-electron chi connectivity index (χ4n) is 2.93. The Kier molecular flexibility index (Phi) is 6.87. The first-order chi connectivity index (χ1) is 15.5. The highest BCUT2D eigenvalue weighted by molar-refractivity contribution is 7.98. The van der Waals surface area contributed by atoms with E-state index in [1.54, 1.807) is 0 Å². The van der Waals surface area contributed by atoms with Gasteiger partial charge in [-0.25, -0.2) is 4.98 Å². The number of carbonyl (C=O) groups excluding carboxylic acids is 1. The molecule has 0 bridgehead atoms. The van der Waals surface area contributed by atoms with E-state index in [0.717, 1.165) is 21.9 Å². The van der Waals surface area contributed by atoms with Crippen molar-refractivity contribution < 1.29 is 9.53 Å². The summed E-state index contributed by atoms with van der Waals surface area (Å²) in [7, 11) is 0. The normalized spacial score (nSPS) is 10.9. The number of fused-ring (bicyclic) bond motifs is 1. The third kappa shape index (κ3) is 5.35. The van der Waals surface area contributed by atoms with Gasteiger partial charge in [0, 0.05) is 16.7 Å². The topological polar surface area (TPSA) is 85.6 Å². The van der Waals surface area contributed by atoms with Gasteiger partial charge in [0.1, 0.15) is 10.8 Å². The van der Waals surface area contributed by atoms with Crippen LogP contribution in [-0.4, -0.2) is 27.1 Å². The molecule has 0 spiro atoms.